The Morgan fingerprint density at radius 1 is 1.21 bits per heavy atom. The summed E-state index contributed by atoms with van der Waals surface area (Å²) in [6.45, 7) is 7.37. The molecule has 0 bridgehead atoms. The van der Waals surface area contributed by atoms with Crippen LogP contribution in [0.1, 0.15) is 32.8 Å². The summed E-state index contributed by atoms with van der Waals surface area (Å²) in [5.74, 6) is 2.59. The third-order valence-electron chi connectivity index (χ3n) is 4.51. The molecule has 1 fully saturated rings. The van der Waals surface area contributed by atoms with Crippen LogP contribution in [0.25, 0.3) is 0 Å². The second-order valence-electron chi connectivity index (χ2n) is 6.49. The predicted octanol–water partition coefficient (Wildman–Crippen LogP) is 3.52. The summed E-state index contributed by atoms with van der Waals surface area (Å²) in [7, 11) is -3.01. The minimum Gasteiger partial charge on any atom is -0.490 e. The van der Waals surface area contributed by atoms with Crippen molar-refractivity contribution in [2.24, 2.45) is 0 Å². The Bertz CT molecular complexity index is 785. The van der Waals surface area contributed by atoms with Gasteiger partial charge in [-0.15, -0.1) is 11.8 Å². The van der Waals surface area contributed by atoms with Crippen molar-refractivity contribution in [2.45, 2.75) is 39.0 Å². The molecule has 1 heterocycles. The Morgan fingerprint density at radius 3 is 2.39 bits per heavy atom. The maximum atomic E-state index is 12.6. The zero-order valence-electron chi connectivity index (χ0n) is 16.6. The van der Waals surface area contributed by atoms with E-state index in [1.807, 2.05) is 32.9 Å². The number of rotatable bonds is 10. The molecule has 1 amide bonds. The summed E-state index contributed by atoms with van der Waals surface area (Å²) in [6.07, 6.45) is 0.536. The Labute approximate surface area is 180 Å². The number of thioether (sulfide) groups is 1. The number of halogens is 1. The lowest BCUT2D eigenvalue weighted by molar-refractivity contribution is -0.129. The molecule has 0 aromatic heterocycles. The van der Waals surface area contributed by atoms with E-state index in [0.717, 1.165) is 10.0 Å². The standard InChI is InChI=1S/C19H28BrNO5S2/c1-4-21(15-7-8-28(23,24)13-15)19(22)12-27-11-14-9-17(25-5-2)18(26-6-3)10-16(14)20/h9-10,15H,4-8,11-13H2,1-3H3. The van der Waals surface area contributed by atoms with Crippen molar-refractivity contribution in [3.63, 3.8) is 0 Å². The monoisotopic (exact) mass is 493 g/mol. The van der Waals surface area contributed by atoms with Crippen molar-refractivity contribution in [3.8, 4) is 11.5 Å². The lowest BCUT2D eigenvalue weighted by atomic mass is 10.2. The van der Waals surface area contributed by atoms with Crippen LogP contribution in [0, 0.1) is 0 Å². The first-order valence-electron chi connectivity index (χ1n) is 9.46. The van der Waals surface area contributed by atoms with Gasteiger partial charge < -0.3 is 14.4 Å². The first-order valence-corrected chi connectivity index (χ1v) is 13.2. The van der Waals surface area contributed by atoms with Crippen LogP contribution < -0.4 is 9.47 Å². The van der Waals surface area contributed by atoms with Crippen LogP contribution >= 0.6 is 27.7 Å². The third-order valence-corrected chi connectivity index (χ3v) is 7.96. The van der Waals surface area contributed by atoms with Gasteiger partial charge in [0.15, 0.2) is 21.3 Å². The van der Waals surface area contributed by atoms with Crippen molar-refractivity contribution in [3.05, 3.63) is 22.2 Å². The molecule has 0 radical (unpaired) electrons. The van der Waals surface area contributed by atoms with Crippen LogP contribution in [0.5, 0.6) is 11.5 Å². The number of amides is 1. The van der Waals surface area contributed by atoms with Crippen molar-refractivity contribution in [1.29, 1.82) is 0 Å². The van der Waals surface area contributed by atoms with Gasteiger partial charge in [-0.25, -0.2) is 8.42 Å². The van der Waals surface area contributed by atoms with Gasteiger partial charge >= 0.3 is 0 Å². The van der Waals surface area contributed by atoms with Crippen LogP contribution in [-0.4, -0.2) is 62.3 Å². The molecule has 0 spiro atoms. The minimum absolute atomic E-state index is 0.0123. The minimum atomic E-state index is -3.01. The summed E-state index contributed by atoms with van der Waals surface area (Å²) in [6, 6.07) is 3.65. The Hall–Kier alpha value is -0.930. The summed E-state index contributed by atoms with van der Waals surface area (Å²) in [5, 5.41) is 0. The van der Waals surface area contributed by atoms with Gasteiger partial charge in [-0.2, -0.15) is 0 Å². The van der Waals surface area contributed by atoms with Gasteiger partial charge in [-0.05, 0) is 44.9 Å². The summed E-state index contributed by atoms with van der Waals surface area (Å²) < 4.78 is 35.6. The van der Waals surface area contributed by atoms with Gasteiger partial charge in [0.2, 0.25) is 5.91 Å². The zero-order chi connectivity index (χ0) is 20.7. The highest BCUT2D eigenvalue weighted by molar-refractivity contribution is 9.10. The van der Waals surface area contributed by atoms with E-state index >= 15 is 0 Å². The number of nitrogens with zero attached hydrogens (tertiary/aromatic N) is 1. The Balaban J connectivity index is 1.98. The van der Waals surface area contributed by atoms with E-state index in [-0.39, 0.29) is 23.5 Å². The van der Waals surface area contributed by atoms with Gasteiger partial charge in [0, 0.05) is 22.8 Å². The smallest absolute Gasteiger partial charge is 0.232 e. The molecule has 1 aliphatic heterocycles. The first-order chi connectivity index (χ1) is 13.3. The number of benzene rings is 1. The van der Waals surface area contributed by atoms with Crippen molar-refractivity contribution < 1.29 is 22.7 Å². The molecular weight excluding hydrogens is 466 g/mol. The maximum Gasteiger partial charge on any atom is 0.232 e. The highest BCUT2D eigenvalue weighted by atomic mass is 79.9. The van der Waals surface area contributed by atoms with E-state index in [9.17, 15) is 13.2 Å². The van der Waals surface area contributed by atoms with Crippen molar-refractivity contribution >= 4 is 43.4 Å². The SMILES string of the molecule is CCOc1cc(Br)c(CSCC(=O)N(CC)C2CCS(=O)(=O)C2)cc1OCC. The largest absolute Gasteiger partial charge is 0.490 e. The third kappa shape index (κ3) is 6.29. The molecule has 9 heteroatoms. The van der Waals surface area contributed by atoms with Crippen LogP contribution in [0.15, 0.2) is 16.6 Å². The van der Waals surface area contributed by atoms with Gasteiger partial charge in [-0.1, -0.05) is 15.9 Å². The topological polar surface area (TPSA) is 72.9 Å². The van der Waals surface area contributed by atoms with Gasteiger partial charge in [0.25, 0.3) is 0 Å². The fourth-order valence-electron chi connectivity index (χ4n) is 3.22. The Morgan fingerprint density at radius 2 is 1.86 bits per heavy atom. The molecule has 1 saturated heterocycles. The average molecular weight is 494 g/mol. The molecule has 28 heavy (non-hydrogen) atoms. The number of hydrogen-bond acceptors (Lipinski definition) is 6. The average Bonchev–Trinajstić information content (AvgIpc) is 2.99. The van der Waals surface area contributed by atoms with E-state index in [4.69, 9.17) is 9.47 Å². The molecule has 1 atom stereocenters. The highest BCUT2D eigenvalue weighted by Crippen LogP contribution is 2.35. The van der Waals surface area contributed by atoms with Gasteiger partial charge in [-0.3, -0.25) is 4.79 Å². The second-order valence-corrected chi connectivity index (χ2v) is 10.6. The van der Waals surface area contributed by atoms with E-state index in [2.05, 4.69) is 15.9 Å². The molecule has 1 aliphatic rings. The molecule has 0 N–H and O–H groups in total. The molecular formula is C19H28BrNO5S2. The lowest BCUT2D eigenvalue weighted by Crippen LogP contribution is -2.41. The zero-order valence-corrected chi connectivity index (χ0v) is 19.8. The molecule has 1 aromatic rings. The highest BCUT2D eigenvalue weighted by Gasteiger charge is 2.33. The fourth-order valence-corrected chi connectivity index (χ4v) is 6.50. The normalized spacial score (nSPS) is 18.1. The van der Waals surface area contributed by atoms with E-state index in [0.29, 0.717) is 49.2 Å². The molecule has 158 valence electrons. The number of carbonyl (C=O) groups excluding carboxylic acids is 1. The number of carbonyl (C=O) groups is 1. The summed E-state index contributed by atoms with van der Waals surface area (Å²) in [4.78, 5) is 14.3. The maximum absolute atomic E-state index is 12.6. The number of ether oxygens (including phenoxy) is 2. The molecule has 1 aromatic carbocycles. The molecule has 2 rings (SSSR count). The lowest BCUT2D eigenvalue weighted by Gasteiger charge is -2.26. The van der Waals surface area contributed by atoms with Crippen molar-refractivity contribution in [1.82, 2.24) is 4.90 Å². The van der Waals surface area contributed by atoms with Gasteiger partial charge in [0.1, 0.15) is 0 Å². The fraction of sp³-hybridized carbons (Fsp3) is 0.632. The molecule has 6 nitrogen and oxygen atoms in total. The van der Waals surface area contributed by atoms with E-state index in [1.165, 1.54) is 11.8 Å². The van der Waals surface area contributed by atoms with Crippen molar-refractivity contribution in [2.75, 3.05) is 37.0 Å². The summed E-state index contributed by atoms with van der Waals surface area (Å²) in [5.41, 5.74) is 1.02. The predicted molar refractivity (Wildman–Crippen MR) is 117 cm³/mol. The van der Waals surface area contributed by atoms with Crippen LogP contribution in [0.4, 0.5) is 0 Å². The number of sulfone groups is 1. The van der Waals surface area contributed by atoms with E-state index in [1.54, 1.807) is 4.90 Å². The Kier molecular flexibility index (Phi) is 8.95. The van der Waals surface area contributed by atoms with Gasteiger partial charge in [0.05, 0.1) is 30.5 Å². The summed E-state index contributed by atoms with van der Waals surface area (Å²) >= 11 is 5.08. The van der Waals surface area contributed by atoms with Crippen LogP contribution in [0.3, 0.4) is 0 Å². The number of hydrogen-bond donors (Lipinski definition) is 0. The second kappa shape index (κ2) is 10.7. The quantitative estimate of drug-likeness (QED) is 0.496. The van der Waals surface area contributed by atoms with Crippen LogP contribution in [0.2, 0.25) is 0 Å². The molecule has 0 aliphatic carbocycles. The first kappa shape index (κ1) is 23.3. The van der Waals surface area contributed by atoms with E-state index < -0.39 is 9.84 Å². The van der Waals surface area contributed by atoms with Crippen LogP contribution in [-0.2, 0) is 20.4 Å². The molecule has 0 saturated carbocycles. The molecule has 1 unspecified atom stereocenters.